The molecule has 1 fully saturated rings. The first-order valence-corrected chi connectivity index (χ1v) is 13.7. The van der Waals surface area contributed by atoms with Crippen LogP contribution < -0.4 is 0 Å². The van der Waals surface area contributed by atoms with Gasteiger partial charge in [-0.2, -0.15) is 0 Å². The van der Waals surface area contributed by atoms with Crippen molar-refractivity contribution in [3.8, 4) is 0 Å². The Kier molecular flexibility index (Phi) is 7.92. The van der Waals surface area contributed by atoms with Crippen LogP contribution in [0.15, 0.2) is 60.7 Å². The number of carbonyl (C=O) groups is 1. The number of halogens is 3. The van der Waals surface area contributed by atoms with Crippen LogP contribution in [0.4, 0.5) is 4.39 Å². The zero-order chi connectivity index (χ0) is 26.9. The number of fused-ring (bicyclic) bond motifs is 1. The van der Waals surface area contributed by atoms with E-state index in [0.717, 1.165) is 58.2 Å². The zero-order valence-corrected chi connectivity index (χ0v) is 22.5. The molecule has 0 spiro atoms. The van der Waals surface area contributed by atoms with Crippen LogP contribution in [-0.2, 0) is 12.8 Å². The van der Waals surface area contributed by atoms with Gasteiger partial charge in [0, 0.05) is 36.1 Å². The number of carboxylic acid groups (broad SMARTS) is 1. The van der Waals surface area contributed by atoms with Crippen molar-refractivity contribution in [1.82, 2.24) is 4.90 Å². The molecule has 0 bridgehead atoms. The van der Waals surface area contributed by atoms with Gasteiger partial charge in [-0.25, -0.2) is 4.79 Å². The Balaban J connectivity index is 1.52. The minimum Gasteiger partial charge on any atom is -0.478 e. The summed E-state index contributed by atoms with van der Waals surface area (Å²) in [5.74, 6) is -0.940. The van der Waals surface area contributed by atoms with Gasteiger partial charge in [-0.3, -0.25) is 9.29 Å². The molecule has 198 valence electrons. The van der Waals surface area contributed by atoms with Crippen LogP contribution in [0.3, 0.4) is 0 Å². The van der Waals surface area contributed by atoms with Gasteiger partial charge in [0.25, 0.3) is 0 Å². The molecule has 2 aliphatic rings. The smallest absolute Gasteiger partial charge is 0.335 e. The third-order valence-corrected chi connectivity index (χ3v) is 8.02. The lowest BCUT2D eigenvalue weighted by Gasteiger charge is -2.46. The molecule has 7 heteroatoms. The summed E-state index contributed by atoms with van der Waals surface area (Å²) < 4.78 is 12.5. The summed E-state index contributed by atoms with van der Waals surface area (Å²) in [6.07, 6.45) is 3.43. The van der Waals surface area contributed by atoms with Crippen LogP contribution >= 0.6 is 23.2 Å². The number of hydrogen-bond donors (Lipinski definition) is 2. The van der Waals surface area contributed by atoms with Gasteiger partial charge in [0.1, 0.15) is 0 Å². The maximum Gasteiger partial charge on any atom is 0.335 e. The lowest BCUT2D eigenvalue weighted by molar-refractivity contribution is -0.0969. The highest BCUT2D eigenvalue weighted by atomic mass is 35.5. The second kappa shape index (κ2) is 11.2. The van der Waals surface area contributed by atoms with Crippen molar-refractivity contribution in [3.05, 3.63) is 104 Å². The van der Waals surface area contributed by atoms with Crippen molar-refractivity contribution >= 4 is 40.3 Å². The molecule has 1 saturated heterocycles. The fraction of sp³-hybridized carbons (Fsp3) is 0.323. The minimum absolute atomic E-state index is 0.278. The van der Waals surface area contributed by atoms with E-state index in [9.17, 15) is 19.4 Å². The first kappa shape index (κ1) is 26.9. The van der Waals surface area contributed by atoms with Crippen molar-refractivity contribution in [3.63, 3.8) is 0 Å². The topological polar surface area (TPSA) is 60.8 Å². The third kappa shape index (κ3) is 5.67. The Bertz CT molecular complexity index is 1380. The predicted octanol–water partition coefficient (Wildman–Crippen LogP) is 6.94. The second-order valence-electron chi connectivity index (χ2n) is 10.4. The number of alkyl halides is 1. The Labute approximate surface area is 232 Å². The molecule has 5 rings (SSSR count). The Hall–Kier alpha value is -2.70. The van der Waals surface area contributed by atoms with Crippen molar-refractivity contribution in [1.29, 1.82) is 0 Å². The first-order valence-electron chi connectivity index (χ1n) is 12.9. The number of likely N-dealkylation sites (tertiary alicyclic amines) is 1. The van der Waals surface area contributed by atoms with Crippen LogP contribution in [0.5, 0.6) is 0 Å². The fourth-order valence-corrected chi connectivity index (χ4v) is 6.29. The molecule has 0 aromatic heterocycles. The van der Waals surface area contributed by atoms with Gasteiger partial charge < -0.3 is 10.2 Å². The highest BCUT2D eigenvalue weighted by Gasteiger charge is 2.40. The number of β-amino-alcohol motifs (C(OH)–C–C–N with tert-alkyl or cyclic N) is 1. The molecule has 0 radical (unpaired) electrons. The average Bonchev–Trinajstić information content (AvgIpc) is 3.05. The van der Waals surface area contributed by atoms with Gasteiger partial charge in [-0.1, -0.05) is 59.6 Å². The summed E-state index contributed by atoms with van der Waals surface area (Å²) in [7, 11) is 0. The third-order valence-electron chi connectivity index (χ3n) is 7.47. The number of aryl methyl sites for hydroxylation is 1. The van der Waals surface area contributed by atoms with E-state index in [4.69, 9.17) is 23.2 Å². The van der Waals surface area contributed by atoms with E-state index < -0.39 is 11.6 Å². The molecular formula is C31H30Cl2FNO3. The van der Waals surface area contributed by atoms with Gasteiger partial charge in [0.2, 0.25) is 0 Å². The fourth-order valence-electron chi connectivity index (χ4n) is 5.76. The van der Waals surface area contributed by atoms with E-state index in [2.05, 4.69) is 17.0 Å². The SMILES string of the molecule is O=C(O)c1ccc2c(c1)CCCC(c1ccc(Cl)cc1Cl)=C2c1ccc(CC2(O)CN(CCCF)C2)cc1. The molecule has 2 N–H and O–H groups in total. The van der Waals surface area contributed by atoms with Gasteiger partial charge in [-0.05, 0) is 88.9 Å². The van der Waals surface area contributed by atoms with Crippen LogP contribution in [0, 0.1) is 0 Å². The van der Waals surface area contributed by atoms with E-state index in [0.29, 0.717) is 42.5 Å². The molecule has 0 atom stereocenters. The zero-order valence-electron chi connectivity index (χ0n) is 21.0. The molecule has 0 unspecified atom stereocenters. The number of benzene rings is 3. The molecule has 1 heterocycles. The van der Waals surface area contributed by atoms with Crippen LogP contribution in [-0.4, -0.2) is 53.0 Å². The average molecular weight is 554 g/mol. The number of hydrogen-bond acceptors (Lipinski definition) is 3. The van der Waals surface area contributed by atoms with Crippen molar-refractivity contribution in [2.24, 2.45) is 0 Å². The molecule has 1 aliphatic heterocycles. The van der Waals surface area contributed by atoms with Gasteiger partial charge in [0.15, 0.2) is 0 Å². The molecule has 3 aromatic rings. The second-order valence-corrected chi connectivity index (χ2v) is 11.2. The van der Waals surface area contributed by atoms with E-state index in [-0.39, 0.29) is 12.2 Å². The van der Waals surface area contributed by atoms with Crippen LogP contribution in [0.25, 0.3) is 11.1 Å². The van der Waals surface area contributed by atoms with E-state index in [1.54, 1.807) is 18.2 Å². The Morgan fingerprint density at radius 3 is 2.39 bits per heavy atom. The predicted molar refractivity (Wildman–Crippen MR) is 151 cm³/mol. The maximum absolute atomic E-state index is 12.5. The largest absolute Gasteiger partial charge is 0.478 e. The summed E-state index contributed by atoms with van der Waals surface area (Å²) >= 11 is 12.9. The van der Waals surface area contributed by atoms with E-state index in [1.165, 1.54) is 0 Å². The minimum atomic E-state index is -0.940. The summed E-state index contributed by atoms with van der Waals surface area (Å²) in [6, 6.07) is 19.1. The summed E-state index contributed by atoms with van der Waals surface area (Å²) in [5.41, 5.74) is 6.58. The summed E-state index contributed by atoms with van der Waals surface area (Å²) in [6.45, 7) is 1.44. The number of carboxylic acids is 1. The maximum atomic E-state index is 12.5. The number of aliphatic hydroxyl groups is 1. The molecule has 38 heavy (non-hydrogen) atoms. The molecule has 3 aromatic carbocycles. The monoisotopic (exact) mass is 553 g/mol. The first-order chi connectivity index (χ1) is 18.3. The number of allylic oxidation sites excluding steroid dienone is 1. The number of nitrogens with zero attached hydrogens (tertiary/aromatic N) is 1. The highest BCUT2D eigenvalue weighted by Crippen LogP contribution is 2.42. The lowest BCUT2D eigenvalue weighted by atomic mass is 9.84. The quantitative estimate of drug-likeness (QED) is 0.317. The van der Waals surface area contributed by atoms with E-state index >= 15 is 0 Å². The van der Waals surface area contributed by atoms with Crippen LogP contribution in [0.1, 0.15) is 57.4 Å². The van der Waals surface area contributed by atoms with E-state index in [1.807, 2.05) is 30.3 Å². The standard InChI is InChI=1S/C31H30Cl2FNO3/c32-24-10-12-26(28(33)16-24)27-4-1-3-22-15-23(30(36)37)9-11-25(22)29(27)21-7-5-20(6-8-21)17-31(38)18-35(19-31)14-2-13-34/h5-12,15-16,38H,1-4,13-14,17-19H2,(H,36,37). The Morgan fingerprint density at radius 2 is 1.71 bits per heavy atom. The van der Waals surface area contributed by atoms with Crippen molar-refractivity contribution in [2.45, 2.75) is 37.7 Å². The Morgan fingerprint density at radius 1 is 0.974 bits per heavy atom. The molecule has 4 nitrogen and oxygen atoms in total. The normalized spacial score (nSPS) is 17.1. The van der Waals surface area contributed by atoms with Gasteiger partial charge in [0.05, 0.1) is 17.8 Å². The highest BCUT2D eigenvalue weighted by molar-refractivity contribution is 6.36. The van der Waals surface area contributed by atoms with Crippen molar-refractivity contribution in [2.75, 3.05) is 26.3 Å². The lowest BCUT2D eigenvalue weighted by Crippen LogP contribution is -2.62. The van der Waals surface area contributed by atoms with Crippen molar-refractivity contribution < 1.29 is 19.4 Å². The summed E-state index contributed by atoms with van der Waals surface area (Å²) in [4.78, 5) is 13.7. The molecular weight excluding hydrogens is 524 g/mol. The van der Waals surface area contributed by atoms with Gasteiger partial charge in [-0.15, -0.1) is 0 Å². The molecule has 0 amide bonds. The summed E-state index contributed by atoms with van der Waals surface area (Å²) in [5, 5.41) is 21.6. The van der Waals surface area contributed by atoms with Gasteiger partial charge >= 0.3 is 5.97 Å². The molecule has 0 saturated carbocycles. The number of aromatic carboxylic acids is 1. The number of rotatable bonds is 8. The van der Waals surface area contributed by atoms with Crippen LogP contribution in [0.2, 0.25) is 10.0 Å². The molecule has 1 aliphatic carbocycles.